The molecule has 3 aromatic rings. The highest BCUT2D eigenvalue weighted by atomic mass is 32.2. The fourth-order valence-corrected chi connectivity index (χ4v) is 5.33. The van der Waals surface area contributed by atoms with Gasteiger partial charge >= 0.3 is 0 Å². The van der Waals surface area contributed by atoms with Crippen LogP contribution in [0.5, 0.6) is 0 Å². The fourth-order valence-electron chi connectivity index (χ4n) is 3.66. The van der Waals surface area contributed by atoms with Gasteiger partial charge in [-0.2, -0.15) is 5.10 Å². The van der Waals surface area contributed by atoms with Crippen molar-refractivity contribution in [1.29, 1.82) is 0 Å². The lowest BCUT2D eigenvalue weighted by Gasteiger charge is -2.14. The zero-order chi connectivity index (χ0) is 24.1. The molecule has 34 heavy (non-hydrogen) atoms. The quantitative estimate of drug-likeness (QED) is 0.226. The molecular formula is C21H28N8O3S2. The first-order chi connectivity index (χ1) is 16.5. The molecule has 4 rings (SSSR count). The van der Waals surface area contributed by atoms with Crippen LogP contribution in [-0.2, 0) is 16.1 Å². The molecule has 4 heterocycles. The maximum atomic E-state index is 12.6. The largest absolute Gasteiger partial charge is 0.383 e. The molecule has 0 bridgehead atoms. The summed E-state index contributed by atoms with van der Waals surface area (Å²) in [6.07, 6.45) is 3.56. The molecule has 1 aliphatic heterocycles. The molecule has 3 aromatic heterocycles. The Balaban J connectivity index is 1.40. The molecule has 1 amide bonds. The number of carbonyl (C=O) groups excluding carboxylic acids is 1. The number of rotatable bonds is 11. The van der Waals surface area contributed by atoms with E-state index in [2.05, 4.69) is 37.6 Å². The number of methoxy groups -OCH3 is 1. The van der Waals surface area contributed by atoms with Crippen molar-refractivity contribution in [1.82, 2.24) is 34.6 Å². The van der Waals surface area contributed by atoms with Crippen molar-refractivity contribution in [2.24, 2.45) is 0 Å². The second kappa shape index (κ2) is 11.2. The van der Waals surface area contributed by atoms with E-state index in [0.29, 0.717) is 53.5 Å². The molecular weight excluding hydrogens is 476 g/mol. The monoisotopic (exact) mass is 504 g/mol. The first kappa shape index (κ1) is 24.5. The van der Waals surface area contributed by atoms with Gasteiger partial charge in [-0.1, -0.05) is 30.4 Å². The van der Waals surface area contributed by atoms with Gasteiger partial charge in [0.05, 0.1) is 30.8 Å². The summed E-state index contributed by atoms with van der Waals surface area (Å²) in [5.74, 6) is 2.13. The summed E-state index contributed by atoms with van der Waals surface area (Å²) in [4.78, 5) is 38.6. The van der Waals surface area contributed by atoms with Crippen molar-refractivity contribution in [2.45, 2.75) is 43.2 Å². The van der Waals surface area contributed by atoms with E-state index in [9.17, 15) is 9.59 Å². The highest BCUT2D eigenvalue weighted by Gasteiger charge is 2.27. The number of nitrogens with one attached hydrogen (secondary N) is 2. The summed E-state index contributed by atoms with van der Waals surface area (Å²) in [7, 11) is 1.66. The number of nitrogens with zero attached hydrogens (tertiary/aromatic N) is 6. The number of hydrogen-bond acceptors (Lipinski definition) is 10. The minimum absolute atomic E-state index is 0.0776. The summed E-state index contributed by atoms with van der Waals surface area (Å²) in [5, 5.41) is 12.9. The first-order valence-electron chi connectivity index (χ1n) is 11.1. The van der Waals surface area contributed by atoms with E-state index in [1.807, 2.05) is 0 Å². The van der Waals surface area contributed by atoms with Gasteiger partial charge in [0.2, 0.25) is 5.91 Å². The Morgan fingerprint density at radius 2 is 2.18 bits per heavy atom. The van der Waals surface area contributed by atoms with Gasteiger partial charge in [0.15, 0.2) is 16.0 Å². The first-order valence-corrected chi connectivity index (χ1v) is 13.1. The highest BCUT2D eigenvalue weighted by molar-refractivity contribution is 7.99. The third-order valence-corrected chi connectivity index (χ3v) is 7.16. The van der Waals surface area contributed by atoms with Crippen molar-refractivity contribution in [2.75, 3.05) is 43.6 Å². The summed E-state index contributed by atoms with van der Waals surface area (Å²) in [6.45, 7) is 5.85. The van der Waals surface area contributed by atoms with Crippen molar-refractivity contribution >= 4 is 46.3 Å². The summed E-state index contributed by atoms with van der Waals surface area (Å²) in [6, 6.07) is -0.187. The zero-order valence-corrected chi connectivity index (χ0v) is 21.0. The smallest absolute Gasteiger partial charge is 0.257 e. The van der Waals surface area contributed by atoms with Crippen LogP contribution in [0.25, 0.3) is 11.0 Å². The number of ether oxygens (including phenoxy) is 1. The molecule has 182 valence electrons. The molecule has 11 nitrogen and oxygen atoms in total. The molecule has 13 heteroatoms. The Kier molecular flexibility index (Phi) is 8.06. The number of carbonyl (C=O) groups is 1. The van der Waals surface area contributed by atoms with Crippen LogP contribution in [0.3, 0.4) is 0 Å². The Bertz CT molecular complexity index is 1230. The fraction of sp³-hybridized carbons (Fsp3) is 0.524. The molecule has 1 aliphatic rings. The number of anilines is 1. The molecule has 2 N–H and O–H groups in total. The van der Waals surface area contributed by atoms with Crippen LogP contribution < -0.4 is 16.2 Å². The maximum absolute atomic E-state index is 12.6. The summed E-state index contributed by atoms with van der Waals surface area (Å²) >= 11 is 3.06. The predicted molar refractivity (Wildman–Crippen MR) is 133 cm³/mol. The Labute approximate surface area is 205 Å². The van der Waals surface area contributed by atoms with Crippen LogP contribution in [0, 0.1) is 6.92 Å². The van der Waals surface area contributed by atoms with Gasteiger partial charge in [-0.05, 0) is 12.7 Å². The van der Waals surface area contributed by atoms with Gasteiger partial charge in [-0.15, -0.1) is 0 Å². The van der Waals surface area contributed by atoms with Crippen LogP contribution >= 0.6 is 23.5 Å². The van der Waals surface area contributed by atoms with E-state index in [0.717, 1.165) is 17.0 Å². The Hall–Kier alpha value is -2.64. The normalized spacial score (nSPS) is 15.0. The summed E-state index contributed by atoms with van der Waals surface area (Å²) in [5.41, 5.74) is 1.22. The Morgan fingerprint density at radius 3 is 2.97 bits per heavy atom. The van der Waals surface area contributed by atoms with E-state index in [4.69, 9.17) is 4.74 Å². The standard InChI is InChI=1S/C21H28N8O3S2/c1-4-33-20-26-17(23-6-8-32-3)15-11-25-28(18(15)27-20)7-5-22-16(30)9-14-12-34-21-24-10-13(2)19(31)29(14)21/h10-11,14H,4-9,12H2,1-3H3,(H,22,30)(H,23,26,27). The van der Waals surface area contributed by atoms with E-state index in [-0.39, 0.29) is 23.9 Å². The molecule has 0 aliphatic carbocycles. The number of thioether (sulfide) groups is 2. The van der Waals surface area contributed by atoms with E-state index < -0.39 is 0 Å². The second-order valence-electron chi connectivity index (χ2n) is 7.73. The third kappa shape index (κ3) is 5.36. The van der Waals surface area contributed by atoms with Gasteiger partial charge in [0.25, 0.3) is 5.56 Å². The molecule has 0 radical (unpaired) electrons. The van der Waals surface area contributed by atoms with Crippen molar-refractivity contribution < 1.29 is 9.53 Å². The van der Waals surface area contributed by atoms with Gasteiger partial charge in [-0.3, -0.25) is 14.2 Å². The van der Waals surface area contributed by atoms with Crippen LogP contribution in [0.15, 0.2) is 27.5 Å². The van der Waals surface area contributed by atoms with Crippen molar-refractivity contribution in [3.8, 4) is 0 Å². The van der Waals surface area contributed by atoms with Gasteiger partial charge in [0.1, 0.15) is 5.82 Å². The topological polar surface area (TPSA) is 129 Å². The van der Waals surface area contributed by atoms with Crippen LogP contribution in [-0.4, -0.2) is 73.5 Å². The third-order valence-electron chi connectivity index (χ3n) is 5.32. The molecule has 0 fully saturated rings. The number of fused-ring (bicyclic) bond motifs is 2. The number of hydrogen-bond donors (Lipinski definition) is 2. The average Bonchev–Trinajstić information content (AvgIpc) is 3.41. The molecule has 0 aromatic carbocycles. The predicted octanol–water partition coefficient (Wildman–Crippen LogP) is 1.72. The minimum Gasteiger partial charge on any atom is -0.383 e. The Morgan fingerprint density at radius 1 is 1.32 bits per heavy atom. The number of aromatic nitrogens is 6. The van der Waals surface area contributed by atoms with Crippen LogP contribution in [0.2, 0.25) is 0 Å². The molecule has 1 atom stereocenters. The van der Waals surface area contributed by atoms with Gasteiger partial charge in [-0.25, -0.2) is 19.6 Å². The van der Waals surface area contributed by atoms with Crippen LogP contribution in [0.4, 0.5) is 5.82 Å². The van der Waals surface area contributed by atoms with Gasteiger partial charge < -0.3 is 15.4 Å². The summed E-state index contributed by atoms with van der Waals surface area (Å²) < 4.78 is 8.53. The SMILES string of the molecule is CCSc1nc(NCCOC)c2cnn(CCNC(=O)CC3CSc4ncc(C)c(=O)n43)c2n1. The van der Waals surface area contributed by atoms with E-state index in [1.54, 1.807) is 47.4 Å². The number of amides is 1. The molecule has 0 spiro atoms. The lowest BCUT2D eigenvalue weighted by molar-refractivity contribution is -0.121. The lowest BCUT2D eigenvalue weighted by atomic mass is 10.2. The highest BCUT2D eigenvalue weighted by Crippen LogP contribution is 2.31. The average molecular weight is 505 g/mol. The number of aryl methyl sites for hydroxylation is 1. The molecule has 0 saturated carbocycles. The van der Waals surface area contributed by atoms with Crippen molar-refractivity contribution in [3.05, 3.63) is 28.3 Å². The van der Waals surface area contributed by atoms with E-state index >= 15 is 0 Å². The minimum atomic E-state index is -0.187. The van der Waals surface area contributed by atoms with Gasteiger partial charge in [0, 0.05) is 44.1 Å². The zero-order valence-electron chi connectivity index (χ0n) is 19.4. The lowest BCUT2D eigenvalue weighted by Crippen LogP contribution is -2.32. The van der Waals surface area contributed by atoms with E-state index in [1.165, 1.54) is 11.8 Å². The van der Waals surface area contributed by atoms with Crippen LogP contribution in [0.1, 0.15) is 24.9 Å². The van der Waals surface area contributed by atoms with Crippen molar-refractivity contribution in [3.63, 3.8) is 0 Å². The maximum Gasteiger partial charge on any atom is 0.257 e. The molecule has 0 saturated heterocycles. The molecule has 1 unspecified atom stereocenters. The second-order valence-corrected chi connectivity index (χ2v) is 9.95.